The molecule has 0 aromatic carbocycles. The van der Waals surface area contributed by atoms with Gasteiger partial charge in [-0.15, -0.1) is 0 Å². The fraction of sp³-hybridized carbons (Fsp3) is 0.333. The lowest BCUT2D eigenvalue weighted by Crippen LogP contribution is -1.78. The highest BCUT2D eigenvalue weighted by Gasteiger charge is 1.76. The van der Waals surface area contributed by atoms with Gasteiger partial charge in [-0.3, -0.25) is 4.79 Å². The summed E-state index contributed by atoms with van der Waals surface area (Å²) in [6.07, 6.45) is 4.16. The first-order valence-corrected chi connectivity index (χ1v) is 2.30. The number of hydrogen-bond acceptors (Lipinski definition) is 1. The molecule has 1 heteroatoms. The van der Waals surface area contributed by atoms with Gasteiger partial charge in [0.15, 0.2) is 5.78 Å². The molecule has 0 atom stereocenters. The molecule has 0 heterocycles. The molecule has 0 saturated heterocycles. The van der Waals surface area contributed by atoms with Crippen LogP contribution in [0.4, 0.5) is 0 Å². The molecular weight excluding hydrogens is 88.1 g/mol. The van der Waals surface area contributed by atoms with Crippen LogP contribution in [0.25, 0.3) is 0 Å². The molecule has 0 aliphatic carbocycles. The normalized spacial score (nSPS) is 10.0. The zero-order valence-electron chi connectivity index (χ0n) is 4.48. The first-order valence-electron chi connectivity index (χ1n) is 2.30. The van der Waals surface area contributed by atoms with Crippen LogP contribution in [0.15, 0.2) is 12.2 Å². The molecular formula is C6H9O. The van der Waals surface area contributed by atoms with Gasteiger partial charge in [-0.25, -0.2) is 0 Å². The third kappa shape index (κ3) is 5.41. The van der Waals surface area contributed by atoms with E-state index in [0.29, 0.717) is 0 Å². The first-order chi connectivity index (χ1) is 3.27. The van der Waals surface area contributed by atoms with E-state index in [0.717, 1.165) is 6.42 Å². The topological polar surface area (TPSA) is 17.1 Å². The van der Waals surface area contributed by atoms with Crippen molar-refractivity contribution in [1.82, 2.24) is 0 Å². The maximum absolute atomic E-state index is 10.0. The lowest BCUT2D eigenvalue weighted by molar-refractivity contribution is -0.110. The quantitative estimate of drug-likeness (QED) is 0.475. The van der Waals surface area contributed by atoms with Crippen molar-refractivity contribution < 1.29 is 4.79 Å². The van der Waals surface area contributed by atoms with Crippen LogP contribution in [-0.2, 0) is 4.79 Å². The van der Waals surface area contributed by atoms with Gasteiger partial charge in [0.25, 0.3) is 0 Å². The van der Waals surface area contributed by atoms with Crippen molar-refractivity contribution in [2.45, 2.75) is 13.3 Å². The number of allylic oxidation sites excluding steroid dienone is 2. The largest absolute Gasteiger partial charge is 0.295 e. The molecule has 0 saturated carbocycles. The Morgan fingerprint density at radius 3 is 2.57 bits per heavy atom. The predicted molar refractivity (Wildman–Crippen MR) is 29.8 cm³/mol. The molecule has 0 fully saturated rings. The van der Waals surface area contributed by atoms with E-state index in [1.807, 2.05) is 6.92 Å². The van der Waals surface area contributed by atoms with E-state index >= 15 is 0 Å². The van der Waals surface area contributed by atoms with E-state index in [4.69, 9.17) is 0 Å². The highest BCUT2D eigenvalue weighted by Crippen LogP contribution is 1.78. The van der Waals surface area contributed by atoms with Gasteiger partial charge in [0, 0.05) is 6.92 Å². The standard InChI is InChI=1S/C6H9O/c1-3-4-5-6(2)7/h4-5H,2-3H2,1H3. The van der Waals surface area contributed by atoms with Crippen molar-refractivity contribution in [2.75, 3.05) is 0 Å². The Bertz CT molecular complexity index is 82.2. The molecule has 0 aliphatic rings. The Labute approximate surface area is 44.0 Å². The number of hydrogen-bond donors (Lipinski definition) is 0. The number of rotatable bonds is 2. The summed E-state index contributed by atoms with van der Waals surface area (Å²) in [5, 5.41) is 0. The van der Waals surface area contributed by atoms with Crippen molar-refractivity contribution in [3.63, 3.8) is 0 Å². The SMILES string of the molecule is [CH2]C(=O)C=CCC. The van der Waals surface area contributed by atoms with Crippen LogP contribution in [0.3, 0.4) is 0 Å². The molecule has 1 radical (unpaired) electrons. The predicted octanol–water partition coefficient (Wildman–Crippen LogP) is 1.36. The van der Waals surface area contributed by atoms with Crippen LogP contribution >= 0.6 is 0 Å². The molecule has 0 unspecified atom stereocenters. The summed E-state index contributed by atoms with van der Waals surface area (Å²) in [6.45, 7) is 5.12. The summed E-state index contributed by atoms with van der Waals surface area (Å²) in [4.78, 5) is 10.0. The van der Waals surface area contributed by atoms with Crippen molar-refractivity contribution in [1.29, 1.82) is 0 Å². The Morgan fingerprint density at radius 2 is 2.43 bits per heavy atom. The van der Waals surface area contributed by atoms with Gasteiger partial charge in [-0.05, 0) is 12.5 Å². The van der Waals surface area contributed by atoms with E-state index in [1.54, 1.807) is 6.08 Å². The van der Waals surface area contributed by atoms with Crippen LogP contribution in [0.1, 0.15) is 13.3 Å². The van der Waals surface area contributed by atoms with E-state index in [1.165, 1.54) is 6.08 Å². The molecule has 0 aliphatic heterocycles. The summed E-state index contributed by atoms with van der Waals surface area (Å²) in [7, 11) is 0. The van der Waals surface area contributed by atoms with Gasteiger partial charge in [0.2, 0.25) is 0 Å². The second kappa shape index (κ2) is 3.59. The summed E-state index contributed by atoms with van der Waals surface area (Å²) in [5.74, 6) is -0.123. The minimum absolute atomic E-state index is 0.123. The number of carbonyl (C=O) groups excluding carboxylic acids is 1. The molecule has 7 heavy (non-hydrogen) atoms. The Kier molecular flexibility index (Phi) is 3.29. The zero-order valence-corrected chi connectivity index (χ0v) is 4.48. The van der Waals surface area contributed by atoms with Crippen LogP contribution < -0.4 is 0 Å². The fourth-order valence-corrected chi connectivity index (χ4v) is 0.249. The average molecular weight is 97.1 g/mol. The fourth-order valence-electron chi connectivity index (χ4n) is 0.249. The van der Waals surface area contributed by atoms with Gasteiger partial charge in [0.05, 0.1) is 0 Å². The molecule has 39 valence electrons. The smallest absolute Gasteiger partial charge is 0.155 e. The van der Waals surface area contributed by atoms with Crippen LogP contribution in [0.2, 0.25) is 0 Å². The molecule has 0 N–H and O–H groups in total. The summed E-state index contributed by atoms with van der Waals surface area (Å²) >= 11 is 0. The van der Waals surface area contributed by atoms with E-state index in [2.05, 4.69) is 6.92 Å². The molecule has 0 bridgehead atoms. The maximum atomic E-state index is 10.0. The second-order valence-electron chi connectivity index (χ2n) is 1.28. The first kappa shape index (κ1) is 6.41. The van der Waals surface area contributed by atoms with Gasteiger partial charge in [-0.2, -0.15) is 0 Å². The summed E-state index contributed by atoms with van der Waals surface area (Å²) < 4.78 is 0. The highest BCUT2D eigenvalue weighted by atomic mass is 16.1. The average Bonchev–Trinajstić information content (AvgIpc) is 1.61. The zero-order chi connectivity index (χ0) is 5.70. The van der Waals surface area contributed by atoms with E-state index in [-0.39, 0.29) is 5.78 Å². The molecule has 0 amide bonds. The minimum atomic E-state index is -0.123. The minimum Gasteiger partial charge on any atom is -0.295 e. The van der Waals surface area contributed by atoms with Crippen molar-refractivity contribution in [2.24, 2.45) is 0 Å². The van der Waals surface area contributed by atoms with Crippen LogP contribution in [0.5, 0.6) is 0 Å². The summed E-state index contributed by atoms with van der Waals surface area (Å²) in [6, 6.07) is 0. The molecule has 0 aromatic rings. The number of ketones is 1. The van der Waals surface area contributed by atoms with Crippen LogP contribution in [0, 0.1) is 6.92 Å². The third-order valence-electron chi connectivity index (χ3n) is 0.539. The van der Waals surface area contributed by atoms with Crippen molar-refractivity contribution in [3.05, 3.63) is 19.1 Å². The maximum Gasteiger partial charge on any atom is 0.155 e. The summed E-state index contributed by atoms with van der Waals surface area (Å²) in [5.41, 5.74) is 0. The van der Waals surface area contributed by atoms with Crippen molar-refractivity contribution >= 4 is 5.78 Å². The third-order valence-corrected chi connectivity index (χ3v) is 0.539. The van der Waals surface area contributed by atoms with Gasteiger partial charge >= 0.3 is 0 Å². The van der Waals surface area contributed by atoms with Gasteiger partial charge in [-0.1, -0.05) is 13.0 Å². The monoisotopic (exact) mass is 97.1 g/mol. The number of carbonyl (C=O) groups is 1. The lowest BCUT2D eigenvalue weighted by Gasteiger charge is -1.73. The van der Waals surface area contributed by atoms with Gasteiger partial charge < -0.3 is 0 Å². The molecule has 0 rings (SSSR count). The molecule has 0 aromatic heterocycles. The van der Waals surface area contributed by atoms with Crippen LogP contribution in [-0.4, -0.2) is 5.78 Å². The van der Waals surface area contributed by atoms with Gasteiger partial charge in [0.1, 0.15) is 0 Å². The molecule has 1 nitrogen and oxygen atoms in total. The van der Waals surface area contributed by atoms with Crippen molar-refractivity contribution in [3.8, 4) is 0 Å². The Balaban J connectivity index is 3.26. The molecule has 0 spiro atoms. The Morgan fingerprint density at radius 1 is 1.86 bits per heavy atom. The second-order valence-corrected chi connectivity index (χ2v) is 1.28. The lowest BCUT2D eigenvalue weighted by atomic mass is 10.3. The Hall–Kier alpha value is -0.590. The van der Waals surface area contributed by atoms with E-state index in [9.17, 15) is 4.79 Å². The van der Waals surface area contributed by atoms with E-state index < -0.39 is 0 Å². The highest BCUT2D eigenvalue weighted by molar-refractivity contribution is 5.93.